The first-order chi connectivity index (χ1) is 23.2. The molecule has 1 aromatic heterocycles. The molecule has 0 bridgehead atoms. The molecule has 1 fully saturated rings. The number of hydrogen-bond acceptors (Lipinski definition) is 6. The summed E-state index contributed by atoms with van der Waals surface area (Å²) in [6.45, 7) is 7.66. The molecule has 3 aromatic carbocycles. The van der Waals surface area contributed by atoms with E-state index in [-0.39, 0.29) is 54.7 Å². The molecule has 0 saturated carbocycles. The predicted octanol–water partition coefficient (Wildman–Crippen LogP) is 5.59. The second kappa shape index (κ2) is 15.8. The summed E-state index contributed by atoms with van der Waals surface area (Å²) in [7, 11) is 1.00. The zero-order valence-electron chi connectivity index (χ0n) is 28.7. The number of carbonyl (C=O) groups is 1. The van der Waals surface area contributed by atoms with Gasteiger partial charge in [-0.15, -0.1) is 0 Å². The lowest BCUT2D eigenvalue weighted by Crippen LogP contribution is -2.51. The molecule has 0 spiro atoms. The first kappa shape index (κ1) is 35.1. The number of aliphatic hydroxyl groups excluding tert-OH is 1. The van der Waals surface area contributed by atoms with Gasteiger partial charge in [0.15, 0.2) is 5.75 Å². The second-order valence-electron chi connectivity index (χ2n) is 13.2. The molecule has 0 aliphatic carbocycles. The predicted molar refractivity (Wildman–Crippen MR) is 192 cm³/mol. The monoisotopic (exact) mass is 668 g/mol. The van der Waals surface area contributed by atoms with E-state index in [1.54, 1.807) is 34.9 Å². The summed E-state index contributed by atoms with van der Waals surface area (Å²) in [5, 5.41) is 11.1. The Morgan fingerprint density at radius 3 is 2.33 bits per heavy atom. The van der Waals surface area contributed by atoms with Crippen LogP contribution < -0.4 is 20.2 Å². The van der Waals surface area contributed by atoms with Gasteiger partial charge in [-0.05, 0) is 71.8 Å². The van der Waals surface area contributed by atoms with Gasteiger partial charge in [-0.1, -0.05) is 79.8 Å². The van der Waals surface area contributed by atoms with Crippen LogP contribution in [0.1, 0.15) is 30.9 Å². The van der Waals surface area contributed by atoms with Crippen molar-refractivity contribution in [1.29, 1.82) is 0 Å². The van der Waals surface area contributed by atoms with Crippen molar-refractivity contribution in [3.05, 3.63) is 119 Å². The van der Waals surface area contributed by atoms with Gasteiger partial charge in [0.1, 0.15) is 5.75 Å². The summed E-state index contributed by atoms with van der Waals surface area (Å²) in [4.78, 5) is 28.6. The third-order valence-corrected chi connectivity index (χ3v) is 14.3. The van der Waals surface area contributed by atoms with Crippen molar-refractivity contribution in [2.75, 3.05) is 27.4 Å². The third-order valence-electron chi connectivity index (χ3n) is 9.92. The average molecular weight is 669 g/mol. The quantitative estimate of drug-likeness (QED) is 0.176. The van der Waals surface area contributed by atoms with Gasteiger partial charge in [0.2, 0.25) is 5.91 Å². The van der Waals surface area contributed by atoms with Crippen molar-refractivity contribution in [1.82, 2.24) is 9.47 Å². The molecule has 0 unspecified atom stereocenters. The SMILES string of the molecule is COc1ccc([Si](C)(C)[C@@H]2[C@@H](C)[C@@H](CCc3cccc(-n4cccc(OC)c4=O)c3)O[C@H]2CC(=O)N(CCO)Cc2ccccc2)cc1. The van der Waals surface area contributed by atoms with Crippen LogP contribution in [0.15, 0.2) is 102 Å². The van der Waals surface area contributed by atoms with Crippen LogP contribution in [0.3, 0.4) is 0 Å². The minimum atomic E-state index is -2.17. The summed E-state index contributed by atoms with van der Waals surface area (Å²) >= 11 is 0. The summed E-state index contributed by atoms with van der Waals surface area (Å²) < 4.78 is 19.2. The van der Waals surface area contributed by atoms with Gasteiger partial charge in [0.05, 0.1) is 47.5 Å². The molecule has 1 N–H and O–H groups in total. The molecule has 2 heterocycles. The number of aromatic nitrogens is 1. The molecule has 254 valence electrons. The van der Waals surface area contributed by atoms with Gasteiger partial charge < -0.3 is 24.2 Å². The highest BCUT2D eigenvalue weighted by atomic mass is 28.3. The van der Waals surface area contributed by atoms with E-state index in [1.807, 2.05) is 60.7 Å². The van der Waals surface area contributed by atoms with Gasteiger partial charge >= 0.3 is 0 Å². The number of nitrogens with zero attached hydrogens (tertiary/aromatic N) is 2. The molecule has 1 saturated heterocycles. The Labute approximate surface area is 284 Å². The zero-order chi connectivity index (χ0) is 34.3. The summed E-state index contributed by atoms with van der Waals surface area (Å²) in [5.74, 6) is 1.33. The third kappa shape index (κ3) is 7.92. The first-order valence-corrected chi connectivity index (χ1v) is 19.8. The lowest BCUT2D eigenvalue weighted by atomic mass is 9.95. The fraction of sp³-hybridized carbons (Fsp3) is 0.385. The first-order valence-electron chi connectivity index (χ1n) is 16.7. The molecule has 4 atom stereocenters. The van der Waals surface area contributed by atoms with E-state index in [9.17, 15) is 14.7 Å². The summed E-state index contributed by atoms with van der Waals surface area (Å²) in [6, 6.07) is 29.8. The highest BCUT2D eigenvalue weighted by molar-refractivity contribution is 6.91. The number of aryl methyl sites for hydroxylation is 1. The average Bonchev–Trinajstić information content (AvgIpc) is 3.42. The van der Waals surface area contributed by atoms with E-state index in [2.05, 4.69) is 38.2 Å². The van der Waals surface area contributed by atoms with E-state index >= 15 is 0 Å². The Morgan fingerprint density at radius 1 is 0.917 bits per heavy atom. The highest BCUT2D eigenvalue weighted by Gasteiger charge is 2.51. The van der Waals surface area contributed by atoms with Crippen molar-refractivity contribution < 1.29 is 24.1 Å². The maximum atomic E-state index is 13.9. The molecule has 8 nitrogen and oxygen atoms in total. The van der Waals surface area contributed by atoms with Gasteiger partial charge in [0.25, 0.3) is 5.56 Å². The van der Waals surface area contributed by atoms with Crippen LogP contribution in [0.2, 0.25) is 18.6 Å². The van der Waals surface area contributed by atoms with Crippen LogP contribution in [0.4, 0.5) is 0 Å². The summed E-state index contributed by atoms with van der Waals surface area (Å²) in [5.41, 5.74) is 2.91. The molecule has 1 aliphatic heterocycles. The summed E-state index contributed by atoms with van der Waals surface area (Å²) in [6.07, 6.45) is 3.28. The maximum Gasteiger partial charge on any atom is 0.297 e. The number of rotatable bonds is 14. The van der Waals surface area contributed by atoms with E-state index in [1.165, 1.54) is 12.3 Å². The van der Waals surface area contributed by atoms with Crippen molar-refractivity contribution in [2.24, 2.45) is 5.92 Å². The Bertz CT molecular complexity index is 1710. The Hall–Kier alpha value is -4.18. The number of benzene rings is 3. The van der Waals surface area contributed by atoms with Crippen LogP contribution in [0.5, 0.6) is 11.5 Å². The molecule has 9 heteroatoms. The Balaban J connectivity index is 1.38. The van der Waals surface area contributed by atoms with Crippen LogP contribution >= 0.6 is 0 Å². The Morgan fingerprint density at radius 2 is 1.65 bits per heavy atom. The minimum absolute atomic E-state index is 0.00767. The number of methoxy groups -OCH3 is 2. The maximum absolute atomic E-state index is 13.9. The second-order valence-corrected chi connectivity index (χ2v) is 17.9. The molecule has 4 aromatic rings. The van der Waals surface area contributed by atoms with Crippen LogP contribution in [-0.4, -0.2) is 68.1 Å². The fourth-order valence-electron chi connectivity index (χ4n) is 7.37. The molecule has 0 radical (unpaired) electrons. The van der Waals surface area contributed by atoms with E-state index in [0.717, 1.165) is 35.4 Å². The zero-order valence-corrected chi connectivity index (χ0v) is 29.7. The number of hydrogen-bond donors (Lipinski definition) is 1. The number of ether oxygens (including phenoxy) is 3. The van der Waals surface area contributed by atoms with Gasteiger partial charge in [-0.3, -0.25) is 14.2 Å². The van der Waals surface area contributed by atoms with Crippen molar-refractivity contribution >= 4 is 19.2 Å². The van der Waals surface area contributed by atoms with Crippen molar-refractivity contribution in [3.63, 3.8) is 0 Å². The van der Waals surface area contributed by atoms with E-state index < -0.39 is 8.07 Å². The van der Waals surface area contributed by atoms with Crippen LogP contribution in [0, 0.1) is 5.92 Å². The largest absolute Gasteiger partial charge is 0.497 e. The topological polar surface area (TPSA) is 90.2 Å². The number of pyridine rings is 1. The van der Waals surface area contributed by atoms with Gasteiger partial charge in [-0.2, -0.15) is 0 Å². The molecule has 1 amide bonds. The van der Waals surface area contributed by atoms with Crippen molar-refractivity contribution in [3.8, 4) is 17.2 Å². The standard InChI is InChI=1S/C39H48N2O6Si/c1-28-34(21-16-29-13-9-14-31(25-29)41-22-10-15-35(46-3)39(41)44)47-36(38(28)48(4,5)33-19-17-32(45-2)18-20-33)26-37(43)40(23-24-42)27-30-11-7-6-8-12-30/h6-15,17-20,22,25,28,34,36,38,42H,16,21,23-24,26-27H2,1-5H3/t28-,34+,36-,38+/m0/s1. The van der Waals surface area contributed by atoms with Crippen LogP contribution in [0.25, 0.3) is 5.69 Å². The van der Waals surface area contributed by atoms with Crippen LogP contribution in [-0.2, 0) is 22.5 Å². The highest BCUT2D eigenvalue weighted by Crippen LogP contribution is 2.46. The minimum Gasteiger partial charge on any atom is -0.497 e. The molecular formula is C39H48N2O6Si. The number of carbonyl (C=O) groups excluding carboxylic acids is 1. The van der Waals surface area contributed by atoms with E-state index in [4.69, 9.17) is 14.2 Å². The van der Waals surface area contributed by atoms with E-state index in [0.29, 0.717) is 12.3 Å². The normalized spacial score (nSPS) is 19.2. The number of aliphatic hydroxyl groups is 1. The molecule has 5 rings (SSSR count). The Kier molecular flexibility index (Phi) is 11.6. The van der Waals surface area contributed by atoms with Gasteiger partial charge in [0, 0.05) is 25.0 Å². The molecule has 1 aliphatic rings. The number of amides is 1. The van der Waals surface area contributed by atoms with Gasteiger partial charge in [-0.25, -0.2) is 0 Å². The fourth-order valence-corrected chi connectivity index (χ4v) is 11.4. The lowest BCUT2D eigenvalue weighted by molar-refractivity contribution is -0.135. The smallest absolute Gasteiger partial charge is 0.297 e. The molecular weight excluding hydrogens is 621 g/mol. The van der Waals surface area contributed by atoms with Crippen molar-refractivity contribution in [2.45, 2.75) is 63.6 Å². The lowest BCUT2D eigenvalue weighted by Gasteiger charge is -2.36. The molecule has 48 heavy (non-hydrogen) atoms.